The van der Waals surface area contributed by atoms with Crippen molar-refractivity contribution in [2.24, 2.45) is 5.73 Å². The van der Waals surface area contributed by atoms with Gasteiger partial charge in [-0.3, -0.25) is 4.79 Å². The summed E-state index contributed by atoms with van der Waals surface area (Å²) in [6, 6.07) is 0. The quantitative estimate of drug-likeness (QED) is 0.290. The molecule has 2 atom stereocenters. The van der Waals surface area contributed by atoms with Crippen molar-refractivity contribution in [2.45, 2.75) is 12.2 Å². The molecule has 0 radical (unpaired) electrons. The molecule has 0 heterocycles. The minimum Gasteiger partial charge on any atom is -0.394 e. The molecule has 1 amide bonds. The maximum Gasteiger partial charge on any atom is 0.240 e. The molecule has 13 heavy (non-hydrogen) atoms. The average Bonchev–Trinajstić information content (AvgIpc) is 2.16. The van der Waals surface area contributed by atoms with Crippen LogP contribution in [0.1, 0.15) is 0 Å². The van der Waals surface area contributed by atoms with Crippen molar-refractivity contribution in [3.63, 3.8) is 0 Å². The number of aliphatic hydroxyl groups is 3. The third-order valence-electron chi connectivity index (χ3n) is 0.922. The third kappa shape index (κ3) is 10.8. The number of aldehydes is 1. The zero-order valence-corrected chi connectivity index (χ0v) is 6.96. The lowest BCUT2D eigenvalue weighted by atomic mass is 10.2. The molecule has 5 N–H and O–H groups in total. The van der Waals surface area contributed by atoms with Crippen LogP contribution in [-0.4, -0.2) is 46.3 Å². The molecule has 0 aliphatic heterocycles. The van der Waals surface area contributed by atoms with Gasteiger partial charge >= 0.3 is 0 Å². The zero-order chi connectivity index (χ0) is 10.9. The second kappa shape index (κ2) is 8.85. The lowest BCUT2D eigenvalue weighted by molar-refractivity contribution is -0.121. The Morgan fingerprint density at radius 2 is 1.92 bits per heavy atom. The van der Waals surface area contributed by atoms with Gasteiger partial charge in [0.2, 0.25) is 5.91 Å². The van der Waals surface area contributed by atoms with E-state index in [0.717, 1.165) is 6.08 Å². The van der Waals surface area contributed by atoms with E-state index in [4.69, 9.17) is 15.3 Å². The smallest absolute Gasteiger partial charge is 0.240 e. The SMILES string of the molecule is C=CC(N)=O.O=C[C@H](O)[C@H](O)CO. The first kappa shape index (κ1) is 14.3. The van der Waals surface area contributed by atoms with E-state index in [1.54, 1.807) is 0 Å². The van der Waals surface area contributed by atoms with Crippen LogP contribution in [0.2, 0.25) is 0 Å². The molecule has 0 bridgehead atoms. The molecule has 0 saturated heterocycles. The van der Waals surface area contributed by atoms with Crippen molar-refractivity contribution in [3.8, 4) is 0 Å². The minimum absolute atomic E-state index is 0.168. The van der Waals surface area contributed by atoms with Crippen molar-refractivity contribution in [1.29, 1.82) is 0 Å². The summed E-state index contributed by atoms with van der Waals surface area (Å²) in [7, 11) is 0. The van der Waals surface area contributed by atoms with Gasteiger partial charge in [0.25, 0.3) is 0 Å². The van der Waals surface area contributed by atoms with E-state index in [2.05, 4.69) is 12.3 Å². The van der Waals surface area contributed by atoms with Gasteiger partial charge in [-0.1, -0.05) is 6.58 Å². The Morgan fingerprint density at radius 1 is 1.54 bits per heavy atom. The van der Waals surface area contributed by atoms with Gasteiger partial charge in [-0.05, 0) is 6.08 Å². The monoisotopic (exact) mass is 191 g/mol. The zero-order valence-electron chi connectivity index (χ0n) is 6.96. The Hall–Kier alpha value is -1.24. The molecule has 6 heteroatoms. The summed E-state index contributed by atoms with van der Waals surface area (Å²) in [5.74, 6) is -0.481. The van der Waals surface area contributed by atoms with Gasteiger partial charge in [0.05, 0.1) is 6.61 Å². The van der Waals surface area contributed by atoms with Crippen LogP contribution >= 0.6 is 0 Å². The summed E-state index contributed by atoms with van der Waals surface area (Å²) >= 11 is 0. The van der Waals surface area contributed by atoms with Gasteiger partial charge in [0.15, 0.2) is 6.29 Å². The van der Waals surface area contributed by atoms with E-state index in [1.807, 2.05) is 0 Å². The first-order valence-corrected chi connectivity index (χ1v) is 3.33. The van der Waals surface area contributed by atoms with E-state index >= 15 is 0 Å². The average molecular weight is 191 g/mol. The van der Waals surface area contributed by atoms with Crippen LogP contribution in [0.15, 0.2) is 12.7 Å². The van der Waals surface area contributed by atoms with Crippen LogP contribution in [0.3, 0.4) is 0 Å². The molecule has 0 unspecified atom stereocenters. The predicted octanol–water partition coefficient (Wildman–Crippen LogP) is -2.44. The molecule has 0 rings (SSSR count). The molecule has 6 nitrogen and oxygen atoms in total. The molecule has 0 aliphatic carbocycles. The number of carbonyl (C=O) groups is 2. The van der Waals surface area contributed by atoms with Crippen LogP contribution in [-0.2, 0) is 9.59 Å². The maximum absolute atomic E-state index is 9.58. The van der Waals surface area contributed by atoms with E-state index in [9.17, 15) is 9.59 Å². The van der Waals surface area contributed by atoms with Crippen LogP contribution in [0.4, 0.5) is 0 Å². The van der Waals surface area contributed by atoms with Crippen LogP contribution < -0.4 is 5.73 Å². The van der Waals surface area contributed by atoms with Gasteiger partial charge < -0.3 is 25.8 Å². The number of primary amides is 1. The maximum atomic E-state index is 9.58. The van der Waals surface area contributed by atoms with Crippen molar-refractivity contribution < 1.29 is 24.9 Å². The second-order valence-electron chi connectivity index (χ2n) is 1.98. The lowest BCUT2D eigenvalue weighted by Crippen LogP contribution is -2.30. The largest absolute Gasteiger partial charge is 0.394 e. The van der Waals surface area contributed by atoms with Gasteiger partial charge in [-0.2, -0.15) is 0 Å². The highest BCUT2D eigenvalue weighted by Gasteiger charge is 2.12. The van der Waals surface area contributed by atoms with Crippen molar-refractivity contribution >= 4 is 12.2 Å². The summed E-state index contributed by atoms with van der Waals surface area (Å²) in [6.07, 6.45) is -1.58. The fourth-order valence-electron chi connectivity index (χ4n) is 0.199. The normalized spacial score (nSPS) is 13.2. The Labute approximate surface area is 75.3 Å². The molecule has 0 fully saturated rings. The molecule has 0 spiro atoms. The van der Waals surface area contributed by atoms with Crippen molar-refractivity contribution in [3.05, 3.63) is 12.7 Å². The van der Waals surface area contributed by atoms with Gasteiger partial charge in [0, 0.05) is 0 Å². The van der Waals surface area contributed by atoms with Gasteiger partial charge in [-0.25, -0.2) is 0 Å². The summed E-state index contributed by atoms with van der Waals surface area (Å²) in [4.78, 5) is 19.1. The number of amides is 1. The lowest BCUT2D eigenvalue weighted by Gasteiger charge is -2.06. The Kier molecular flexibility index (Phi) is 9.73. The number of rotatable bonds is 4. The summed E-state index contributed by atoms with van der Waals surface area (Å²) in [6.45, 7) is 2.49. The Bertz CT molecular complexity index is 170. The highest BCUT2D eigenvalue weighted by Crippen LogP contribution is 1.85. The fourth-order valence-corrected chi connectivity index (χ4v) is 0.199. The summed E-state index contributed by atoms with van der Waals surface area (Å²) in [5, 5.41) is 24.8. The van der Waals surface area contributed by atoms with Crippen LogP contribution in [0, 0.1) is 0 Å². The summed E-state index contributed by atoms with van der Waals surface area (Å²) in [5.41, 5.74) is 4.53. The van der Waals surface area contributed by atoms with Crippen molar-refractivity contribution in [1.82, 2.24) is 0 Å². The molecule has 0 aliphatic rings. The highest BCUT2D eigenvalue weighted by atomic mass is 16.4. The van der Waals surface area contributed by atoms with E-state index in [-0.39, 0.29) is 6.29 Å². The molecule has 0 aromatic heterocycles. The van der Waals surface area contributed by atoms with Gasteiger partial charge in [-0.15, -0.1) is 0 Å². The predicted molar refractivity (Wildman–Crippen MR) is 44.6 cm³/mol. The highest BCUT2D eigenvalue weighted by molar-refractivity contribution is 5.84. The summed E-state index contributed by atoms with van der Waals surface area (Å²) < 4.78 is 0. The minimum atomic E-state index is -1.46. The van der Waals surface area contributed by atoms with E-state index in [0.29, 0.717) is 0 Å². The molecular weight excluding hydrogens is 178 g/mol. The molecular formula is C7H13NO5. The Morgan fingerprint density at radius 3 is 2.00 bits per heavy atom. The Balaban J connectivity index is 0. The molecule has 76 valence electrons. The number of nitrogens with two attached hydrogens (primary N) is 1. The number of aliphatic hydroxyl groups excluding tert-OH is 3. The van der Waals surface area contributed by atoms with Crippen molar-refractivity contribution in [2.75, 3.05) is 6.61 Å². The number of hydrogen-bond acceptors (Lipinski definition) is 5. The second-order valence-corrected chi connectivity index (χ2v) is 1.98. The van der Waals surface area contributed by atoms with Crippen LogP contribution in [0.25, 0.3) is 0 Å². The van der Waals surface area contributed by atoms with Crippen LogP contribution in [0.5, 0.6) is 0 Å². The molecule has 0 aromatic rings. The third-order valence-corrected chi connectivity index (χ3v) is 0.922. The first-order chi connectivity index (χ1) is 5.99. The fraction of sp³-hybridized carbons (Fsp3) is 0.429. The molecule has 0 saturated carbocycles. The topological polar surface area (TPSA) is 121 Å². The molecule has 0 aromatic carbocycles. The van der Waals surface area contributed by atoms with Gasteiger partial charge in [0.1, 0.15) is 12.2 Å². The standard InChI is InChI=1S/C4H8O4.C3H5NO/c5-1-3(7)4(8)2-6;1-2-3(4)5/h1,3-4,6-8H,2H2;2H,1H2,(H2,4,5)/t3-,4+;/m0./s1. The number of hydrogen-bond donors (Lipinski definition) is 4. The first-order valence-electron chi connectivity index (χ1n) is 3.33. The van der Waals surface area contributed by atoms with E-state index in [1.165, 1.54) is 0 Å². The van der Waals surface area contributed by atoms with E-state index < -0.39 is 24.7 Å². The number of carbonyl (C=O) groups excluding carboxylic acids is 2.